The van der Waals surface area contributed by atoms with Gasteiger partial charge < -0.3 is 14.6 Å². The first-order valence-corrected chi connectivity index (χ1v) is 12.4. The van der Waals surface area contributed by atoms with Crippen LogP contribution < -0.4 is 5.32 Å². The van der Waals surface area contributed by atoms with Gasteiger partial charge in [-0.25, -0.2) is 9.59 Å². The van der Waals surface area contributed by atoms with Gasteiger partial charge in [-0.05, 0) is 32.4 Å². The summed E-state index contributed by atoms with van der Waals surface area (Å²) in [6.07, 6.45) is 0. The summed E-state index contributed by atoms with van der Waals surface area (Å²) in [7, 11) is 3.76. The Morgan fingerprint density at radius 2 is 1.91 bits per heavy atom. The van der Waals surface area contributed by atoms with Crippen molar-refractivity contribution in [2.24, 2.45) is 14.1 Å². The zero-order valence-corrected chi connectivity index (χ0v) is 21.3. The van der Waals surface area contributed by atoms with Crippen LogP contribution in [0.15, 0.2) is 52.8 Å². The number of urea groups is 1. The van der Waals surface area contributed by atoms with Gasteiger partial charge in [-0.15, -0.1) is 10.2 Å². The van der Waals surface area contributed by atoms with E-state index in [1.54, 1.807) is 16.5 Å². The van der Waals surface area contributed by atoms with E-state index in [4.69, 9.17) is 4.74 Å². The van der Waals surface area contributed by atoms with Crippen LogP contribution in [0.25, 0.3) is 11.5 Å². The molecule has 10 nitrogen and oxygen atoms in total. The average molecular weight is 496 g/mol. The normalized spacial score (nSPS) is 16.0. The molecule has 35 heavy (non-hydrogen) atoms. The highest BCUT2D eigenvalue weighted by molar-refractivity contribution is 7.99. The molecule has 0 aliphatic carbocycles. The number of carbonyl (C=O) groups excluding carboxylic acids is 2. The van der Waals surface area contributed by atoms with Crippen LogP contribution in [0, 0.1) is 6.92 Å². The number of hydrogen-bond acceptors (Lipinski definition) is 7. The zero-order valence-electron chi connectivity index (χ0n) is 20.5. The Bertz CT molecular complexity index is 1250. The highest BCUT2D eigenvalue weighted by Gasteiger charge is 2.37. The maximum atomic E-state index is 13.2. The van der Waals surface area contributed by atoms with E-state index in [2.05, 4.69) is 20.6 Å². The number of esters is 1. The van der Waals surface area contributed by atoms with E-state index in [0.29, 0.717) is 34.5 Å². The SMILES string of the molecule is CCOC(=O)C1=C(CSc2nnc(-c3cc(C)n(C)n3)n2C)N(CC)C(=O)N[C@H]1c1ccccc1. The Kier molecular flexibility index (Phi) is 7.25. The van der Waals surface area contributed by atoms with Crippen molar-refractivity contribution in [1.29, 1.82) is 0 Å². The molecule has 1 atom stereocenters. The molecule has 0 radical (unpaired) electrons. The fourth-order valence-electron chi connectivity index (χ4n) is 4.00. The molecule has 1 aliphatic rings. The molecule has 0 saturated carbocycles. The van der Waals surface area contributed by atoms with Crippen LogP contribution in [-0.4, -0.2) is 60.3 Å². The number of benzene rings is 1. The summed E-state index contributed by atoms with van der Waals surface area (Å²) in [5, 5.41) is 16.8. The summed E-state index contributed by atoms with van der Waals surface area (Å²) in [5.74, 6) is 0.538. The summed E-state index contributed by atoms with van der Waals surface area (Å²) in [6, 6.07) is 10.5. The van der Waals surface area contributed by atoms with Crippen molar-refractivity contribution in [2.75, 3.05) is 18.9 Å². The Hall–Kier alpha value is -3.60. The third-order valence-electron chi connectivity index (χ3n) is 5.90. The van der Waals surface area contributed by atoms with Gasteiger partial charge in [0.25, 0.3) is 0 Å². The number of hydrogen-bond donors (Lipinski definition) is 1. The Balaban J connectivity index is 1.71. The zero-order chi connectivity index (χ0) is 25.1. The molecule has 0 fully saturated rings. The summed E-state index contributed by atoms with van der Waals surface area (Å²) >= 11 is 1.41. The van der Waals surface area contributed by atoms with E-state index in [1.165, 1.54) is 11.8 Å². The van der Waals surface area contributed by atoms with Gasteiger partial charge >= 0.3 is 12.0 Å². The number of ether oxygens (including phenoxy) is 1. The second-order valence-electron chi connectivity index (χ2n) is 8.07. The lowest BCUT2D eigenvalue weighted by Gasteiger charge is -2.36. The minimum atomic E-state index is -0.604. The van der Waals surface area contributed by atoms with E-state index in [-0.39, 0.29) is 12.6 Å². The molecule has 2 amide bonds. The number of thioether (sulfide) groups is 1. The van der Waals surface area contributed by atoms with Crippen molar-refractivity contribution in [2.45, 2.75) is 32.0 Å². The number of carbonyl (C=O) groups is 2. The Morgan fingerprint density at radius 1 is 1.17 bits per heavy atom. The maximum absolute atomic E-state index is 13.2. The van der Waals surface area contributed by atoms with Crippen LogP contribution in [0.3, 0.4) is 0 Å². The van der Waals surface area contributed by atoms with Crippen LogP contribution in [0.5, 0.6) is 0 Å². The second kappa shape index (κ2) is 10.3. The molecule has 0 spiro atoms. The van der Waals surface area contributed by atoms with Crippen LogP contribution in [0.1, 0.15) is 31.1 Å². The van der Waals surface area contributed by atoms with Crippen molar-refractivity contribution in [3.63, 3.8) is 0 Å². The molecular formula is C24H29N7O3S. The van der Waals surface area contributed by atoms with Gasteiger partial charge in [0.2, 0.25) is 0 Å². The molecule has 2 aromatic heterocycles. The van der Waals surface area contributed by atoms with Crippen molar-refractivity contribution in [1.82, 2.24) is 34.8 Å². The van der Waals surface area contributed by atoms with Gasteiger partial charge in [-0.1, -0.05) is 42.1 Å². The number of aryl methyl sites for hydroxylation is 2. The lowest BCUT2D eigenvalue weighted by Crippen LogP contribution is -2.49. The molecule has 0 bridgehead atoms. The molecule has 4 rings (SSSR count). The molecule has 0 unspecified atom stereocenters. The predicted molar refractivity (Wildman–Crippen MR) is 132 cm³/mol. The Labute approximate surface area is 208 Å². The van der Waals surface area contributed by atoms with Gasteiger partial charge in [0.15, 0.2) is 11.0 Å². The van der Waals surface area contributed by atoms with E-state index in [1.807, 2.05) is 68.9 Å². The monoisotopic (exact) mass is 495 g/mol. The lowest BCUT2D eigenvalue weighted by atomic mass is 9.95. The van der Waals surface area contributed by atoms with Gasteiger partial charge in [-0.3, -0.25) is 9.58 Å². The summed E-state index contributed by atoms with van der Waals surface area (Å²) < 4.78 is 9.07. The fraction of sp³-hybridized carbons (Fsp3) is 0.375. The largest absolute Gasteiger partial charge is 0.463 e. The van der Waals surface area contributed by atoms with Crippen molar-refractivity contribution >= 4 is 23.8 Å². The van der Waals surface area contributed by atoms with E-state index in [9.17, 15) is 9.59 Å². The molecule has 1 aliphatic heterocycles. The second-order valence-corrected chi connectivity index (χ2v) is 9.01. The minimum Gasteiger partial charge on any atom is -0.463 e. The van der Waals surface area contributed by atoms with Gasteiger partial charge in [0.05, 0.1) is 18.2 Å². The smallest absolute Gasteiger partial charge is 0.338 e. The molecular weight excluding hydrogens is 466 g/mol. The molecule has 3 heterocycles. The van der Waals surface area contributed by atoms with E-state index < -0.39 is 12.0 Å². The van der Waals surface area contributed by atoms with Crippen LogP contribution in [0.4, 0.5) is 4.79 Å². The topological polar surface area (TPSA) is 107 Å². The standard InChI is InChI=1S/C24H29N7O3S/c1-6-31-18(14-35-24-27-26-21(29(24)4)17-13-15(3)30(5)28-17)19(22(32)34-7-2)20(25-23(31)33)16-11-9-8-10-12-16/h8-13,20H,6-7,14H2,1-5H3,(H,25,33)/t20-/m0/s1. The number of amides is 2. The van der Waals surface area contributed by atoms with E-state index in [0.717, 1.165) is 17.0 Å². The van der Waals surface area contributed by atoms with Gasteiger partial charge in [-0.2, -0.15) is 5.10 Å². The highest BCUT2D eigenvalue weighted by atomic mass is 32.2. The van der Waals surface area contributed by atoms with Crippen LogP contribution in [-0.2, 0) is 23.6 Å². The summed E-state index contributed by atoms with van der Waals surface area (Å²) in [5.41, 5.74) is 3.59. The minimum absolute atomic E-state index is 0.237. The number of aromatic nitrogens is 5. The molecule has 11 heteroatoms. The van der Waals surface area contributed by atoms with E-state index >= 15 is 0 Å². The van der Waals surface area contributed by atoms with Crippen molar-refractivity contribution < 1.29 is 14.3 Å². The van der Waals surface area contributed by atoms with Crippen molar-refractivity contribution in [3.05, 3.63) is 58.9 Å². The molecule has 0 saturated heterocycles. The summed E-state index contributed by atoms with van der Waals surface area (Å²) in [6.45, 7) is 6.26. The first-order valence-electron chi connectivity index (χ1n) is 11.4. The van der Waals surface area contributed by atoms with Gasteiger partial charge in [0, 0.05) is 37.8 Å². The summed E-state index contributed by atoms with van der Waals surface area (Å²) in [4.78, 5) is 27.8. The van der Waals surface area contributed by atoms with Crippen LogP contribution >= 0.6 is 11.8 Å². The van der Waals surface area contributed by atoms with Crippen molar-refractivity contribution in [3.8, 4) is 11.5 Å². The third-order valence-corrected chi connectivity index (χ3v) is 6.93. The van der Waals surface area contributed by atoms with Crippen LogP contribution in [0.2, 0.25) is 0 Å². The lowest BCUT2D eigenvalue weighted by molar-refractivity contribution is -0.139. The Morgan fingerprint density at radius 3 is 2.54 bits per heavy atom. The first kappa shape index (κ1) is 24.5. The molecule has 1 aromatic carbocycles. The molecule has 184 valence electrons. The quantitative estimate of drug-likeness (QED) is 0.378. The van der Waals surface area contributed by atoms with Gasteiger partial charge in [0.1, 0.15) is 5.69 Å². The third kappa shape index (κ3) is 4.81. The predicted octanol–water partition coefficient (Wildman–Crippen LogP) is 3.22. The maximum Gasteiger partial charge on any atom is 0.338 e. The number of rotatable bonds is 8. The highest BCUT2D eigenvalue weighted by Crippen LogP contribution is 2.34. The average Bonchev–Trinajstić information content (AvgIpc) is 3.38. The molecule has 3 aromatic rings. The first-order chi connectivity index (χ1) is 16.8. The fourth-order valence-corrected chi connectivity index (χ4v) is 4.96. The number of nitrogens with zero attached hydrogens (tertiary/aromatic N) is 6. The number of nitrogens with one attached hydrogen (secondary N) is 1. The molecule has 1 N–H and O–H groups in total.